The standard InChI is InChI=1S/C13H28N2/c1-5-9-15(12(2)3)11-13-8-6-7-10-14(13)4/h12-13H,5-11H2,1-4H3. The molecule has 15 heavy (non-hydrogen) atoms. The van der Waals surface area contributed by atoms with E-state index in [0.29, 0.717) is 6.04 Å². The molecule has 1 fully saturated rings. The van der Waals surface area contributed by atoms with Gasteiger partial charge in [-0.3, -0.25) is 4.90 Å². The molecule has 0 aliphatic carbocycles. The molecule has 0 amide bonds. The molecule has 1 rings (SSSR count). The predicted molar refractivity (Wildman–Crippen MR) is 67.3 cm³/mol. The Bertz CT molecular complexity index is 166. The van der Waals surface area contributed by atoms with Gasteiger partial charge in [0.2, 0.25) is 0 Å². The first kappa shape index (κ1) is 13.0. The first-order valence-electron chi connectivity index (χ1n) is 6.59. The molecule has 1 aliphatic heterocycles. The second-order valence-corrected chi connectivity index (χ2v) is 5.22. The molecule has 1 aliphatic rings. The third kappa shape index (κ3) is 4.12. The van der Waals surface area contributed by atoms with E-state index < -0.39 is 0 Å². The molecule has 0 spiro atoms. The zero-order valence-corrected chi connectivity index (χ0v) is 11.0. The van der Waals surface area contributed by atoms with Crippen LogP contribution in [0.5, 0.6) is 0 Å². The summed E-state index contributed by atoms with van der Waals surface area (Å²) in [6.07, 6.45) is 5.48. The molecule has 2 heteroatoms. The molecule has 0 aromatic heterocycles. The van der Waals surface area contributed by atoms with Crippen LogP contribution in [0.15, 0.2) is 0 Å². The number of hydrogen-bond donors (Lipinski definition) is 0. The van der Waals surface area contributed by atoms with Crippen molar-refractivity contribution < 1.29 is 0 Å². The normalized spacial score (nSPS) is 24.0. The maximum absolute atomic E-state index is 2.63. The lowest BCUT2D eigenvalue weighted by Crippen LogP contribution is -2.46. The smallest absolute Gasteiger partial charge is 0.0220 e. The van der Waals surface area contributed by atoms with Gasteiger partial charge in [0.1, 0.15) is 0 Å². The molecule has 90 valence electrons. The molecule has 1 unspecified atom stereocenters. The maximum Gasteiger partial charge on any atom is 0.0220 e. The van der Waals surface area contributed by atoms with Crippen molar-refractivity contribution >= 4 is 0 Å². The zero-order valence-electron chi connectivity index (χ0n) is 11.0. The fourth-order valence-corrected chi connectivity index (χ4v) is 2.49. The second-order valence-electron chi connectivity index (χ2n) is 5.22. The summed E-state index contributed by atoms with van der Waals surface area (Å²) in [5.74, 6) is 0. The number of likely N-dealkylation sites (tertiary alicyclic amines) is 1. The Balaban J connectivity index is 2.41. The quantitative estimate of drug-likeness (QED) is 0.691. The van der Waals surface area contributed by atoms with Crippen molar-refractivity contribution in [3.05, 3.63) is 0 Å². The number of rotatable bonds is 5. The molecule has 0 aromatic rings. The van der Waals surface area contributed by atoms with Crippen LogP contribution in [0.4, 0.5) is 0 Å². The molecule has 0 N–H and O–H groups in total. The number of nitrogens with zero attached hydrogens (tertiary/aromatic N) is 2. The van der Waals surface area contributed by atoms with E-state index in [4.69, 9.17) is 0 Å². The lowest BCUT2D eigenvalue weighted by Gasteiger charge is -2.37. The summed E-state index contributed by atoms with van der Waals surface area (Å²) >= 11 is 0. The number of piperidine rings is 1. The van der Waals surface area contributed by atoms with Gasteiger partial charge in [0, 0.05) is 18.6 Å². The summed E-state index contributed by atoms with van der Waals surface area (Å²) in [6.45, 7) is 10.7. The van der Waals surface area contributed by atoms with Crippen LogP contribution in [0.1, 0.15) is 46.5 Å². The van der Waals surface area contributed by atoms with Crippen LogP contribution in [-0.4, -0.2) is 48.6 Å². The average Bonchev–Trinajstić information content (AvgIpc) is 2.20. The molecule has 0 radical (unpaired) electrons. The van der Waals surface area contributed by atoms with E-state index in [0.717, 1.165) is 6.04 Å². The number of hydrogen-bond acceptors (Lipinski definition) is 2. The van der Waals surface area contributed by atoms with Crippen molar-refractivity contribution in [2.45, 2.75) is 58.5 Å². The van der Waals surface area contributed by atoms with Crippen molar-refractivity contribution in [3.8, 4) is 0 Å². The van der Waals surface area contributed by atoms with Crippen molar-refractivity contribution in [1.29, 1.82) is 0 Å². The minimum atomic E-state index is 0.695. The second kappa shape index (κ2) is 6.49. The van der Waals surface area contributed by atoms with E-state index in [-0.39, 0.29) is 0 Å². The first-order chi connectivity index (χ1) is 7.15. The third-order valence-electron chi connectivity index (χ3n) is 3.61. The first-order valence-corrected chi connectivity index (χ1v) is 6.59. The van der Waals surface area contributed by atoms with Gasteiger partial charge in [0.05, 0.1) is 0 Å². The summed E-state index contributed by atoms with van der Waals surface area (Å²) in [6, 6.07) is 1.49. The zero-order chi connectivity index (χ0) is 11.3. The summed E-state index contributed by atoms with van der Waals surface area (Å²) in [5, 5.41) is 0. The van der Waals surface area contributed by atoms with Gasteiger partial charge < -0.3 is 4.90 Å². The molecule has 0 saturated carbocycles. The summed E-state index contributed by atoms with van der Waals surface area (Å²) in [7, 11) is 2.29. The van der Waals surface area contributed by atoms with Gasteiger partial charge in [-0.05, 0) is 53.2 Å². The van der Waals surface area contributed by atoms with Crippen LogP contribution in [0.2, 0.25) is 0 Å². The fourth-order valence-electron chi connectivity index (χ4n) is 2.49. The largest absolute Gasteiger partial charge is 0.302 e. The minimum absolute atomic E-state index is 0.695. The molecule has 0 bridgehead atoms. The van der Waals surface area contributed by atoms with E-state index in [2.05, 4.69) is 37.6 Å². The van der Waals surface area contributed by atoms with Gasteiger partial charge in [-0.1, -0.05) is 13.3 Å². The lowest BCUT2D eigenvalue weighted by molar-refractivity contribution is 0.111. The molecular formula is C13H28N2. The SMILES string of the molecule is CCCN(CC1CCCCN1C)C(C)C. The van der Waals surface area contributed by atoms with Gasteiger partial charge in [0.25, 0.3) is 0 Å². The molecule has 1 saturated heterocycles. The van der Waals surface area contributed by atoms with Gasteiger partial charge >= 0.3 is 0 Å². The van der Waals surface area contributed by atoms with Crippen LogP contribution in [0, 0.1) is 0 Å². The topological polar surface area (TPSA) is 6.48 Å². The maximum atomic E-state index is 2.63. The van der Waals surface area contributed by atoms with E-state index in [9.17, 15) is 0 Å². The van der Waals surface area contributed by atoms with Gasteiger partial charge in [-0.2, -0.15) is 0 Å². The molecule has 1 atom stereocenters. The average molecular weight is 212 g/mol. The van der Waals surface area contributed by atoms with Gasteiger partial charge in [-0.25, -0.2) is 0 Å². The highest BCUT2D eigenvalue weighted by Gasteiger charge is 2.22. The van der Waals surface area contributed by atoms with Crippen molar-refractivity contribution in [2.24, 2.45) is 0 Å². The van der Waals surface area contributed by atoms with E-state index in [1.165, 1.54) is 45.3 Å². The summed E-state index contributed by atoms with van der Waals surface area (Å²) < 4.78 is 0. The number of likely N-dealkylation sites (N-methyl/N-ethyl adjacent to an activating group) is 1. The predicted octanol–water partition coefficient (Wildman–Crippen LogP) is 2.59. The highest BCUT2D eigenvalue weighted by atomic mass is 15.2. The lowest BCUT2D eigenvalue weighted by atomic mass is 10.0. The summed E-state index contributed by atoms with van der Waals surface area (Å²) in [5.41, 5.74) is 0. The molecule has 1 heterocycles. The Morgan fingerprint density at radius 3 is 2.60 bits per heavy atom. The van der Waals surface area contributed by atoms with Gasteiger partial charge in [0.15, 0.2) is 0 Å². The van der Waals surface area contributed by atoms with Gasteiger partial charge in [-0.15, -0.1) is 0 Å². The van der Waals surface area contributed by atoms with Crippen molar-refractivity contribution in [3.63, 3.8) is 0 Å². The summed E-state index contributed by atoms with van der Waals surface area (Å²) in [4.78, 5) is 5.18. The fraction of sp³-hybridized carbons (Fsp3) is 1.00. The Labute approximate surface area is 95.6 Å². The molecular weight excluding hydrogens is 184 g/mol. The third-order valence-corrected chi connectivity index (χ3v) is 3.61. The van der Waals surface area contributed by atoms with Crippen molar-refractivity contribution in [1.82, 2.24) is 9.80 Å². The Morgan fingerprint density at radius 1 is 1.33 bits per heavy atom. The Morgan fingerprint density at radius 2 is 2.07 bits per heavy atom. The van der Waals surface area contributed by atoms with E-state index in [1.54, 1.807) is 0 Å². The van der Waals surface area contributed by atoms with Crippen LogP contribution in [0.3, 0.4) is 0 Å². The van der Waals surface area contributed by atoms with Crippen LogP contribution >= 0.6 is 0 Å². The Kier molecular flexibility index (Phi) is 5.62. The highest BCUT2D eigenvalue weighted by Crippen LogP contribution is 2.17. The Hall–Kier alpha value is -0.0800. The highest BCUT2D eigenvalue weighted by molar-refractivity contribution is 4.78. The van der Waals surface area contributed by atoms with Crippen LogP contribution < -0.4 is 0 Å². The minimum Gasteiger partial charge on any atom is -0.302 e. The van der Waals surface area contributed by atoms with Crippen LogP contribution in [-0.2, 0) is 0 Å². The van der Waals surface area contributed by atoms with Crippen LogP contribution in [0.25, 0.3) is 0 Å². The van der Waals surface area contributed by atoms with E-state index in [1.807, 2.05) is 0 Å². The molecule has 0 aromatic carbocycles. The monoisotopic (exact) mass is 212 g/mol. The van der Waals surface area contributed by atoms with E-state index >= 15 is 0 Å². The molecule has 2 nitrogen and oxygen atoms in total. The van der Waals surface area contributed by atoms with Crippen molar-refractivity contribution in [2.75, 3.05) is 26.7 Å².